The molecule has 0 bridgehead atoms. The van der Waals surface area contributed by atoms with Crippen LogP contribution < -0.4 is 0 Å². The smallest absolute Gasteiger partial charge is 0.445 e. The summed E-state index contributed by atoms with van der Waals surface area (Å²) in [5, 5.41) is 0. The minimum Gasteiger partial charge on any atom is -0.445 e. The summed E-state index contributed by atoms with van der Waals surface area (Å²) in [5.74, 6) is 0.0632. The van der Waals surface area contributed by atoms with Gasteiger partial charge in [-0.15, -0.1) is 12.1 Å². The lowest BCUT2D eigenvalue weighted by atomic mass is 9.87. The summed E-state index contributed by atoms with van der Waals surface area (Å²) >= 11 is 0. The van der Waals surface area contributed by atoms with Gasteiger partial charge in [-0.25, -0.2) is 4.79 Å². The van der Waals surface area contributed by atoms with Crippen LogP contribution >= 0.6 is 0 Å². The van der Waals surface area contributed by atoms with Crippen molar-refractivity contribution in [1.82, 2.24) is 4.90 Å². The van der Waals surface area contributed by atoms with Gasteiger partial charge in [0.25, 0.3) is 0 Å². The number of hydrogen-bond acceptors (Lipinski definition) is 2. The van der Waals surface area contributed by atoms with Crippen molar-refractivity contribution in [3.63, 3.8) is 0 Å². The molecule has 1 aliphatic rings. The second-order valence-corrected chi connectivity index (χ2v) is 5.84. The fourth-order valence-electron chi connectivity index (χ4n) is 1.94. The van der Waals surface area contributed by atoms with Crippen LogP contribution in [0.1, 0.15) is 33.6 Å². The first kappa shape index (κ1) is 15.9. The third-order valence-corrected chi connectivity index (χ3v) is 2.71. The number of carbonyl (C=O) groups excluding carboxylic acids is 1. The maximum Gasteiger partial charge on any atom is 0.502 e. The van der Waals surface area contributed by atoms with Crippen molar-refractivity contribution < 1.29 is 22.5 Å². The second-order valence-electron chi connectivity index (χ2n) is 5.84. The Kier molecular flexibility index (Phi) is 4.93. The number of ether oxygens (including phenoxy) is 1. The average molecular weight is 278 g/mol. The van der Waals surface area contributed by atoms with Gasteiger partial charge in [-0.3, -0.25) is 0 Å². The Morgan fingerprint density at radius 3 is 2.53 bits per heavy atom. The van der Waals surface area contributed by atoms with Gasteiger partial charge in [-0.1, -0.05) is 0 Å². The Hall–Kier alpha value is -1.14. The lowest BCUT2D eigenvalue weighted by molar-refractivity contribution is 0.0187. The number of amides is 1. The first-order valence-corrected chi connectivity index (χ1v) is 6.44. The number of carbonyl (C=O) groups is 1. The van der Waals surface area contributed by atoms with E-state index in [1.165, 1.54) is 4.90 Å². The number of hydrogen-bond donors (Lipinski definition) is 0. The Labute approximate surface area is 111 Å². The molecule has 0 N–H and O–H groups in total. The van der Waals surface area contributed by atoms with Gasteiger partial charge in [0.1, 0.15) is 5.60 Å². The number of piperidine rings is 1. The summed E-state index contributed by atoms with van der Waals surface area (Å²) in [6.07, 6.45) is 2.07. The first-order chi connectivity index (χ1) is 8.57. The van der Waals surface area contributed by atoms with Crippen LogP contribution in [0.5, 0.6) is 0 Å². The van der Waals surface area contributed by atoms with Gasteiger partial charge >= 0.3 is 13.1 Å². The van der Waals surface area contributed by atoms with Crippen LogP contribution in [0.25, 0.3) is 0 Å². The molecule has 3 nitrogen and oxygen atoms in total. The maximum atomic E-state index is 12.2. The van der Waals surface area contributed by atoms with E-state index in [0.717, 1.165) is 6.08 Å². The van der Waals surface area contributed by atoms with Gasteiger partial charge in [0.2, 0.25) is 0 Å². The molecule has 1 saturated heterocycles. The molecule has 7 heteroatoms. The molecular formula is C12H20BF3NO2-. The van der Waals surface area contributed by atoms with Crippen molar-refractivity contribution in [2.75, 3.05) is 13.1 Å². The zero-order valence-corrected chi connectivity index (χ0v) is 11.5. The van der Waals surface area contributed by atoms with E-state index in [4.69, 9.17) is 4.74 Å². The molecule has 0 spiro atoms. The van der Waals surface area contributed by atoms with E-state index in [1.807, 2.05) is 0 Å². The van der Waals surface area contributed by atoms with E-state index in [9.17, 15) is 17.7 Å². The Morgan fingerprint density at radius 2 is 2.00 bits per heavy atom. The zero-order chi connectivity index (χ0) is 14.7. The molecule has 0 saturated carbocycles. The highest BCUT2D eigenvalue weighted by molar-refractivity contribution is 6.64. The molecule has 0 aliphatic carbocycles. The van der Waals surface area contributed by atoms with Crippen LogP contribution in [0.3, 0.4) is 0 Å². The van der Waals surface area contributed by atoms with E-state index >= 15 is 0 Å². The van der Waals surface area contributed by atoms with Crippen molar-refractivity contribution in [3.8, 4) is 0 Å². The summed E-state index contributed by atoms with van der Waals surface area (Å²) in [5.41, 5.74) is -0.588. The molecular weight excluding hydrogens is 258 g/mol. The fraction of sp³-hybridized carbons (Fsp3) is 0.750. The van der Waals surface area contributed by atoms with Crippen molar-refractivity contribution in [1.29, 1.82) is 0 Å². The SMILES string of the molecule is CC(C)(C)OC(=O)N1CCCC(/C=C/[B-](F)(F)F)C1. The van der Waals surface area contributed by atoms with Gasteiger partial charge < -0.3 is 22.6 Å². The highest BCUT2D eigenvalue weighted by atomic mass is 19.4. The van der Waals surface area contributed by atoms with Crippen LogP contribution in [0.2, 0.25) is 0 Å². The minimum atomic E-state index is -4.90. The zero-order valence-electron chi connectivity index (χ0n) is 11.5. The molecule has 0 aromatic carbocycles. The van der Waals surface area contributed by atoms with Gasteiger partial charge in [0.05, 0.1) is 0 Å². The van der Waals surface area contributed by atoms with E-state index in [0.29, 0.717) is 25.4 Å². The topological polar surface area (TPSA) is 29.5 Å². The second kappa shape index (κ2) is 5.88. The maximum absolute atomic E-state index is 12.2. The number of halogens is 3. The minimum absolute atomic E-state index is 0.246. The van der Waals surface area contributed by atoms with Crippen LogP contribution in [-0.2, 0) is 4.74 Å². The molecule has 0 aromatic rings. The van der Waals surface area contributed by atoms with Crippen LogP contribution in [0, 0.1) is 5.92 Å². The highest BCUT2D eigenvalue weighted by Crippen LogP contribution is 2.21. The largest absolute Gasteiger partial charge is 0.502 e. The van der Waals surface area contributed by atoms with Crippen LogP contribution in [0.15, 0.2) is 12.1 Å². The molecule has 1 amide bonds. The van der Waals surface area contributed by atoms with Crippen molar-refractivity contribution in [3.05, 3.63) is 12.1 Å². The summed E-state index contributed by atoms with van der Waals surface area (Å²) in [6.45, 7) is 1.21. The molecule has 1 aliphatic heterocycles. The molecule has 0 radical (unpaired) electrons. The lowest BCUT2D eigenvalue weighted by Crippen LogP contribution is -2.42. The summed E-state index contributed by atoms with van der Waals surface area (Å²) in [4.78, 5) is 13.3. The quantitative estimate of drug-likeness (QED) is 0.722. The Balaban J connectivity index is 2.55. The predicted molar refractivity (Wildman–Crippen MR) is 68.7 cm³/mol. The van der Waals surface area contributed by atoms with Gasteiger partial charge in [0.15, 0.2) is 0 Å². The van der Waals surface area contributed by atoms with Crippen LogP contribution in [-0.4, -0.2) is 36.7 Å². The third-order valence-electron chi connectivity index (χ3n) is 2.71. The predicted octanol–water partition coefficient (Wildman–Crippen LogP) is 3.58. The summed E-state index contributed by atoms with van der Waals surface area (Å²) in [6, 6.07) is 0. The van der Waals surface area contributed by atoms with E-state index < -0.39 is 18.7 Å². The number of rotatable bonds is 2. The monoisotopic (exact) mass is 278 g/mol. The van der Waals surface area contributed by atoms with E-state index in [1.54, 1.807) is 20.8 Å². The van der Waals surface area contributed by atoms with Gasteiger partial charge in [0, 0.05) is 13.1 Å². The lowest BCUT2D eigenvalue weighted by Gasteiger charge is -2.33. The highest BCUT2D eigenvalue weighted by Gasteiger charge is 2.27. The van der Waals surface area contributed by atoms with Gasteiger partial charge in [-0.2, -0.15) is 0 Å². The molecule has 110 valence electrons. The molecule has 1 fully saturated rings. The number of likely N-dealkylation sites (tertiary alicyclic amines) is 1. The molecule has 0 aromatic heterocycles. The van der Waals surface area contributed by atoms with E-state index in [2.05, 4.69) is 0 Å². The Morgan fingerprint density at radius 1 is 1.37 bits per heavy atom. The summed E-state index contributed by atoms with van der Waals surface area (Å²) < 4.78 is 41.7. The van der Waals surface area contributed by atoms with Crippen molar-refractivity contribution >= 4 is 13.1 Å². The van der Waals surface area contributed by atoms with Gasteiger partial charge in [-0.05, 0) is 39.5 Å². The van der Waals surface area contributed by atoms with Crippen molar-refractivity contribution in [2.24, 2.45) is 5.92 Å². The summed E-state index contributed by atoms with van der Waals surface area (Å²) in [7, 11) is 0. The molecule has 1 atom stereocenters. The molecule has 19 heavy (non-hydrogen) atoms. The Bertz CT molecular complexity index is 350. The van der Waals surface area contributed by atoms with E-state index in [-0.39, 0.29) is 12.5 Å². The van der Waals surface area contributed by atoms with Crippen molar-refractivity contribution in [2.45, 2.75) is 39.2 Å². The first-order valence-electron chi connectivity index (χ1n) is 6.44. The normalized spacial score (nSPS) is 21.8. The molecule has 1 heterocycles. The molecule has 1 unspecified atom stereocenters. The van der Waals surface area contributed by atoms with Crippen LogP contribution in [0.4, 0.5) is 17.7 Å². The third kappa shape index (κ3) is 6.54. The average Bonchev–Trinajstić information content (AvgIpc) is 2.23. The number of nitrogens with zero attached hydrogens (tertiary/aromatic N) is 1. The molecule has 1 rings (SSSR count). The fourth-order valence-corrected chi connectivity index (χ4v) is 1.94. The standard InChI is InChI=1S/C12H20BF3NO2/c1-12(2,3)19-11(18)17-8-4-5-10(9-17)6-7-13(14,15)16/h6-7,10H,4-5,8-9H2,1-3H3/q-1/b7-6+.